The van der Waals surface area contributed by atoms with Gasteiger partial charge in [0.1, 0.15) is 17.1 Å². The van der Waals surface area contributed by atoms with Gasteiger partial charge in [0.15, 0.2) is 0 Å². The van der Waals surface area contributed by atoms with Gasteiger partial charge in [0.25, 0.3) is 0 Å². The maximum atomic E-state index is 14.2. The maximum absolute atomic E-state index is 14.2. The number of benzene rings is 2. The standard InChI is InChI=1S/C27H31FN4O3.CH4/c1-19(33)31-15-13-30(14-16-31)12-6-11-27(21-7-4-3-5-8-21)24-18-35-25-10-9-22(28)17-23(25)26(24)29-32(27)20(2)34;/h3-5,7-10,17,24H,6,11-16,18H2,1-2H3;1H4/t24-,27-;/m1./s1. The van der Waals surface area contributed by atoms with E-state index in [0.29, 0.717) is 30.1 Å². The Kier molecular flexibility index (Phi) is 7.45. The second kappa shape index (κ2) is 10.4. The molecule has 0 radical (unpaired) electrons. The van der Waals surface area contributed by atoms with Crippen LogP contribution in [0.15, 0.2) is 53.6 Å². The van der Waals surface area contributed by atoms with Crippen LogP contribution in [-0.2, 0) is 15.1 Å². The first-order valence-corrected chi connectivity index (χ1v) is 12.3. The summed E-state index contributed by atoms with van der Waals surface area (Å²) in [7, 11) is 0. The van der Waals surface area contributed by atoms with Crippen molar-refractivity contribution in [3.05, 3.63) is 65.5 Å². The highest BCUT2D eigenvalue weighted by Gasteiger charge is 2.55. The second-order valence-corrected chi connectivity index (χ2v) is 9.56. The van der Waals surface area contributed by atoms with Crippen LogP contribution in [-0.4, -0.2) is 71.7 Å². The van der Waals surface area contributed by atoms with Gasteiger partial charge in [-0.25, -0.2) is 9.40 Å². The summed E-state index contributed by atoms with van der Waals surface area (Å²) >= 11 is 0. The molecule has 7 nitrogen and oxygen atoms in total. The second-order valence-electron chi connectivity index (χ2n) is 9.56. The van der Waals surface area contributed by atoms with Crippen LogP contribution in [0, 0.1) is 11.7 Å². The van der Waals surface area contributed by atoms with E-state index in [4.69, 9.17) is 9.84 Å². The molecule has 0 bridgehead atoms. The molecule has 0 N–H and O–H groups in total. The highest BCUT2D eigenvalue weighted by molar-refractivity contribution is 6.08. The van der Waals surface area contributed by atoms with E-state index in [2.05, 4.69) is 4.90 Å². The van der Waals surface area contributed by atoms with Crippen molar-refractivity contribution in [2.75, 3.05) is 39.3 Å². The first-order chi connectivity index (χ1) is 16.9. The number of piperazine rings is 1. The molecule has 0 aromatic heterocycles. The molecule has 0 saturated carbocycles. The van der Waals surface area contributed by atoms with E-state index < -0.39 is 5.54 Å². The normalized spacial score (nSPS) is 23.2. The lowest BCUT2D eigenvalue weighted by Crippen LogP contribution is -2.51. The van der Waals surface area contributed by atoms with E-state index in [9.17, 15) is 14.0 Å². The van der Waals surface area contributed by atoms with Crippen LogP contribution in [0.3, 0.4) is 0 Å². The third-order valence-corrected chi connectivity index (χ3v) is 7.54. The Hall–Kier alpha value is -3.26. The number of carbonyl (C=O) groups excluding carboxylic acids is 2. The summed E-state index contributed by atoms with van der Waals surface area (Å²) in [6.07, 6.45) is 1.53. The van der Waals surface area contributed by atoms with Crippen LogP contribution < -0.4 is 4.74 Å². The topological polar surface area (TPSA) is 65.5 Å². The molecule has 2 atom stereocenters. The molecule has 1 fully saturated rings. The van der Waals surface area contributed by atoms with Crippen molar-refractivity contribution >= 4 is 17.5 Å². The highest BCUT2D eigenvalue weighted by Crippen LogP contribution is 2.49. The van der Waals surface area contributed by atoms with Gasteiger partial charge in [-0.3, -0.25) is 14.5 Å². The van der Waals surface area contributed by atoms with Gasteiger partial charge in [-0.2, -0.15) is 5.10 Å². The van der Waals surface area contributed by atoms with Crippen molar-refractivity contribution in [1.29, 1.82) is 0 Å². The molecular formula is C28H35FN4O3. The minimum absolute atomic E-state index is 0. The molecule has 3 aliphatic rings. The maximum Gasteiger partial charge on any atom is 0.240 e. The van der Waals surface area contributed by atoms with E-state index in [-0.39, 0.29) is 31.0 Å². The number of ether oxygens (including phenoxy) is 1. The fraction of sp³-hybridized carbons (Fsp3) is 0.464. The van der Waals surface area contributed by atoms with Crippen LogP contribution in [0.4, 0.5) is 4.39 Å². The Morgan fingerprint density at radius 1 is 1.06 bits per heavy atom. The zero-order valence-corrected chi connectivity index (χ0v) is 20.2. The molecule has 5 rings (SSSR count). The average molecular weight is 495 g/mol. The Morgan fingerprint density at radius 2 is 1.78 bits per heavy atom. The van der Waals surface area contributed by atoms with Gasteiger partial charge in [-0.05, 0) is 43.1 Å². The molecule has 0 aliphatic carbocycles. The number of halogens is 1. The van der Waals surface area contributed by atoms with Crippen molar-refractivity contribution in [2.24, 2.45) is 11.0 Å². The Bertz CT molecular complexity index is 1150. The van der Waals surface area contributed by atoms with Crippen molar-refractivity contribution < 1.29 is 18.7 Å². The summed E-state index contributed by atoms with van der Waals surface area (Å²) in [6, 6.07) is 14.5. The molecule has 3 heterocycles. The van der Waals surface area contributed by atoms with Crippen molar-refractivity contribution in [2.45, 2.75) is 39.7 Å². The zero-order chi connectivity index (χ0) is 24.6. The molecule has 0 unspecified atom stereocenters. The molecule has 0 spiro atoms. The summed E-state index contributed by atoms with van der Waals surface area (Å²) in [4.78, 5) is 28.9. The number of hydrogen-bond donors (Lipinski definition) is 0. The first kappa shape index (κ1) is 25.8. The third-order valence-electron chi connectivity index (χ3n) is 7.54. The molecule has 8 heteroatoms. The minimum Gasteiger partial charge on any atom is -0.492 e. The first-order valence-electron chi connectivity index (χ1n) is 12.3. The van der Waals surface area contributed by atoms with Gasteiger partial charge in [-0.15, -0.1) is 0 Å². The van der Waals surface area contributed by atoms with Gasteiger partial charge in [0.05, 0.1) is 18.2 Å². The number of amides is 2. The number of hydrogen-bond acceptors (Lipinski definition) is 5. The number of fused-ring (bicyclic) bond motifs is 3. The Morgan fingerprint density at radius 3 is 2.44 bits per heavy atom. The third kappa shape index (κ3) is 4.50. The number of nitrogens with zero attached hydrogens (tertiary/aromatic N) is 4. The monoisotopic (exact) mass is 494 g/mol. The predicted molar refractivity (Wildman–Crippen MR) is 137 cm³/mol. The van der Waals surface area contributed by atoms with Crippen LogP contribution in [0.5, 0.6) is 5.75 Å². The van der Waals surface area contributed by atoms with Crippen LogP contribution >= 0.6 is 0 Å². The van der Waals surface area contributed by atoms with E-state index in [1.165, 1.54) is 19.1 Å². The summed E-state index contributed by atoms with van der Waals surface area (Å²) in [6.45, 7) is 7.55. The van der Waals surface area contributed by atoms with Crippen molar-refractivity contribution in [1.82, 2.24) is 14.8 Å². The largest absolute Gasteiger partial charge is 0.492 e. The van der Waals surface area contributed by atoms with Gasteiger partial charge in [-0.1, -0.05) is 37.8 Å². The SMILES string of the molecule is C.CC(=O)N1CCN(CCC[C@@]2(c3ccccc3)[C@@H]3COc4ccc(F)cc4C3=NN2C(C)=O)CC1. The summed E-state index contributed by atoms with van der Waals surface area (Å²) in [5.41, 5.74) is 1.61. The highest BCUT2D eigenvalue weighted by atomic mass is 19.1. The number of carbonyl (C=O) groups is 2. The van der Waals surface area contributed by atoms with Crippen LogP contribution in [0.25, 0.3) is 0 Å². The van der Waals surface area contributed by atoms with E-state index >= 15 is 0 Å². The molecule has 2 aromatic rings. The summed E-state index contributed by atoms with van der Waals surface area (Å²) in [5.74, 6) is -0.0000324. The minimum atomic E-state index is -0.715. The molecule has 1 saturated heterocycles. The summed E-state index contributed by atoms with van der Waals surface area (Å²) < 4.78 is 20.3. The molecular weight excluding hydrogens is 459 g/mol. The molecule has 2 aromatic carbocycles. The van der Waals surface area contributed by atoms with Gasteiger partial charge < -0.3 is 9.64 Å². The summed E-state index contributed by atoms with van der Waals surface area (Å²) in [5, 5.41) is 6.42. The Labute approximate surface area is 212 Å². The molecule has 36 heavy (non-hydrogen) atoms. The van der Waals surface area contributed by atoms with Gasteiger partial charge >= 0.3 is 0 Å². The lowest BCUT2D eigenvalue weighted by Gasteiger charge is -2.43. The molecule has 192 valence electrons. The average Bonchev–Trinajstić information content (AvgIpc) is 3.21. The number of rotatable bonds is 5. The lowest BCUT2D eigenvalue weighted by atomic mass is 9.71. The van der Waals surface area contributed by atoms with Crippen LogP contribution in [0.1, 0.15) is 45.2 Å². The smallest absolute Gasteiger partial charge is 0.240 e. The van der Waals surface area contributed by atoms with Crippen molar-refractivity contribution in [3.8, 4) is 5.75 Å². The fourth-order valence-electron chi connectivity index (χ4n) is 5.78. The van der Waals surface area contributed by atoms with Crippen molar-refractivity contribution in [3.63, 3.8) is 0 Å². The zero-order valence-electron chi connectivity index (χ0n) is 20.2. The van der Waals surface area contributed by atoms with E-state index in [1.54, 1.807) is 18.0 Å². The van der Waals surface area contributed by atoms with E-state index in [1.807, 2.05) is 35.2 Å². The Balaban J connectivity index is 0.00000304. The fourth-order valence-corrected chi connectivity index (χ4v) is 5.78. The molecule has 3 aliphatic heterocycles. The lowest BCUT2D eigenvalue weighted by molar-refractivity contribution is -0.136. The van der Waals surface area contributed by atoms with Gasteiger partial charge in [0.2, 0.25) is 11.8 Å². The number of hydrazone groups is 1. The molecule has 2 amide bonds. The van der Waals surface area contributed by atoms with Crippen LogP contribution in [0.2, 0.25) is 0 Å². The quantitative estimate of drug-likeness (QED) is 0.633. The predicted octanol–water partition coefficient (Wildman–Crippen LogP) is 3.88. The van der Waals surface area contributed by atoms with E-state index in [0.717, 1.165) is 44.7 Å². The van der Waals surface area contributed by atoms with Gasteiger partial charge in [0, 0.05) is 45.6 Å².